The predicted octanol–water partition coefficient (Wildman–Crippen LogP) is 2.42. The summed E-state index contributed by atoms with van der Waals surface area (Å²) >= 11 is 0. The van der Waals surface area contributed by atoms with E-state index in [1.165, 1.54) is 12.5 Å². The minimum absolute atomic E-state index is 0.0520. The Labute approximate surface area is 134 Å². The average Bonchev–Trinajstić information content (AvgIpc) is 3.04. The van der Waals surface area contributed by atoms with E-state index in [1.807, 2.05) is 38.1 Å². The molecular weight excluding hydrogens is 292 g/mol. The van der Waals surface area contributed by atoms with E-state index in [1.54, 1.807) is 4.90 Å². The molecule has 3 rings (SSSR count). The highest BCUT2D eigenvalue weighted by molar-refractivity contribution is 6.01. The van der Waals surface area contributed by atoms with Gasteiger partial charge in [-0.25, -0.2) is 4.98 Å². The van der Waals surface area contributed by atoms with Crippen molar-refractivity contribution in [2.24, 2.45) is 5.92 Å². The van der Waals surface area contributed by atoms with Crippen LogP contribution in [-0.2, 0) is 11.3 Å². The Morgan fingerprint density at radius 3 is 2.91 bits per heavy atom. The number of para-hydroxylation sites is 1. The van der Waals surface area contributed by atoms with Crippen LogP contribution in [0.5, 0.6) is 0 Å². The molecule has 120 valence electrons. The molecule has 2 N–H and O–H groups in total. The van der Waals surface area contributed by atoms with Crippen LogP contribution in [0, 0.1) is 5.92 Å². The molecule has 2 heterocycles. The first-order chi connectivity index (χ1) is 11.1. The van der Waals surface area contributed by atoms with Gasteiger partial charge < -0.3 is 15.2 Å². The number of anilines is 1. The first kappa shape index (κ1) is 15.3. The van der Waals surface area contributed by atoms with Crippen molar-refractivity contribution in [1.29, 1.82) is 0 Å². The van der Waals surface area contributed by atoms with Gasteiger partial charge in [-0.1, -0.05) is 38.5 Å². The van der Waals surface area contributed by atoms with Crippen molar-refractivity contribution in [3.8, 4) is 0 Å². The maximum atomic E-state index is 12.9. The molecular formula is C17H20N4O2. The molecule has 0 aliphatic carbocycles. The van der Waals surface area contributed by atoms with Gasteiger partial charge in [-0.15, -0.1) is 0 Å². The number of nitrogens with one attached hydrogen (secondary N) is 2. The molecule has 2 atom stereocenters. The minimum Gasteiger partial charge on any atom is -0.341 e. The summed E-state index contributed by atoms with van der Waals surface area (Å²) in [5, 5.41) is 2.96. The Balaban J connectivity index is 2.03. The molecule has 1 aromatic heterocycles. The molecule has 23 heavy (non-hydrogen) atoms. The molecule has 1 aliphatic heterocycles. The van der Waals surface area contributed by atoms with Crippen LogP contribution in [-0.4, -0.2) is 32.7 Å². The summed E-state index contributed by atoms with van der Waals surface area (Å²) in [6, 6.07) is 7.08. The van der Waals surface area contributed by atoms with Gasteiger partial charge in [-0.3, -0.25) is 9.59 Å². The second-order valence-electron chi connectivity index (χ2n) is 5.88. The molecule has 1 aliphatic rings. The minimum atomic E-state index is -0.511. The van der Waals surface area contributed by atoms with Crippen molar-refractivity contribution >= 4 is 17.5 Å². The zero-order chi connectivity index (χ0) is 16.4. The molecule has 0 saturated carbocycles. The van der Waals surface area contributed by atoms with E-state index in [0.717, 1.165) is 17.7 Å². The number of hydrogen-bond acceptors (Lipinski definition) is 3. The van der Waals surface area contributed by atoms with Crippen LogP contribution in [0.3, 0.4) is 0 Å². The summed E-state index contributed by atoms with van der Waals surface area (Å²) in [6.07, 6.45) is 3.77. The van der Waals surface area contributed by atoms with E-state index < -0.39 is 6.04 Å². The maximum absolute atomic E-state index is 12.9. The molecule has 2 amide bonds. The van der Waals surface area contributed by atoms with Gasteiger partial charge >= 0.3 is 0 Å². The molecule has 6 nitrogen and oxygen atoms in total. The predicted molar refractivity (Wildman–Crippen MR) is 86.8 cm³/mol. The van der Waals surface area contributed by atoms with Gasteiger partial charge in [0.15, 0.2) is 0 Å². The summed E-state index contributed by atoms with van der Waals surface area (Å²) < 4.78 is 0. The third-order valence-electron chi connectivity index (χ3n) is 4.39. The van der Waals surface area contributed by atoms with Crippen molar-refractivity contribution in [2.45, 2.75) is 32.9 Å². The van der Waals surface area contributed by atoms with Crippen LogP contribution < -0.4 is 5.32 Å². The van der Waals surface area contributed by atoms with Crippen LogP contribution in [0.25, 0.3) is 0 Å². The molecule has 0 fully saturated rings. The van der Waals surface area contributed by atoms with Gasteiger partial charge in [0.25, 0.3) is 5.91 Å². The summed E-state index contributed by atoms with van der Waals surface area (Å²) in [5.41, 5.74) is 2.09. The lowest BCUT2D eigenvalue weighted by atomic mass is 9.96. The van der Waals surface area contributed by atoms with E-state index in [9.17, 15) is 9.59 Å². The van der Waals surface area contributed by atoms with Crippen molar-refractivity contribution in [1.82, 2.24) is 14.9 Å². The Morgan fingerprint density at radius 2 is 2.22 bits per heavy atom. The lowest BCUT2D eigenvalue weighted by Gasteiger charge is -2.32. The highest BCUT2D eigenvalue weighted by atomic mass is 16.2. The van der Waals surface area contributed by atoms with E-state index in [-0.39, 0.29) is 17.7 Å². The van der Waals surface area contributed by atoms with Gasteiger partial charge in [0.2, 0.25) is 5.91 Å². The van der Waals surface area contributed by atoms with E-state index in [0.29, 0.717) is 12.2 Å². The summed E-state index contributed by atoms with van der Waals surface area (Å²) in [6.45, 7) is 4.41. The number of amides is 2. The van der Waals surface area contributed by atoms with Crippen molar-refractivity contribution in [2.75, 3.05) is 5.32 Å². The molecule has 0 unspecified atom stereocenters. The lowest BCUT2D eigenvalue weighted by Crippen LogP contribution is -2.49. The lowest BCUT2D eigenvalue weighted by molar-refractivity contribution is -0.122. The highest BCUT2D eigenvalue weighted by Crippen LogP contribution is 2.28. The number of aromatic nitrogens is 2. The molecule has 0 saturated heterocycles. The van der Waals surface area contributed by atoms with Gasteiger partial charge in [0.05, 0.1) is 12.5 Å². The molecule has 0 bridgehead atoms. The summed E-state index contributed by atoms with van der Waals surface area (Å²) in [4.78, 5) is 34.0. The molecule has 6 heteroatoms. The third kappa shape index (κ3) is 2.84. The summed E-state index contributed by atoms with van der Waals surface area (Å²) in [5.74, 6) is -0.298. The number of aromatic amines is 1. The number of hydrogen-bond donors (Lipinski definition) is 2. The van der Waals surface area contributed by atoms with E-state index in [4.69, 9.17) is 0 Å². The number of nitrogens with zero attached hydrogens (tertiary/aromatic N) is 2. The number of imidazole rings is 1. The van der Waals surface area contributed by atoms with Gasteiger partial charge in [-0.2, -0.15) is 0 Å². The second kappa shape index (κ2) is 6.24. The Kier molecular flexibility index (Phi) is 4.14. The Morgan fingerprint density at radius 1 is 1.43 bits per heavy atom. The van der Waals surface area contributed by atoms with Crippen molar-refractivity contribution < 1.29 is 9.59 Å². The monoisotopic (exact) mass is 312 g/mol. The fraction of sp³-hybridized carbons (Fsp3) is 0.353. The van der Waals surface area contributed by atoms with Crippen LogP contribution >= 0.6 is 0 Å². The standard InChI is InChI=1S/C17H20N4O2/c1-3-11(2)15-16(22)20-13-7-5-4-6-12(13)9-21(15)17(23)14-8-18-10-19-14/h4-8,10-11,15H,3,9H2,1-2H3,(H,18,19)(H,20,22)/t11-,15-/m0/s1. The number of rotatable bonds is 3. The fourth-order valence-electron chi connectivity index (χ4n) is 2.92. The Hall–Kier alpha value is -2.63. The van der Waals surface area contributed by atoms with Crippen molar-refractivity contribution in [3.05, 3.63) is 48.0 Å². The fourth-order valence-corrected chi connectivity index (χ4v) is 2.92. The molecule has 2 aromatic rings. The number of carbonyl (C=O) groups is 2. The van der Waals surface area contributed by atoms with Crippen LogP contribution in [0.1, 0.15) is 36.3 Å². The first-order valence-electron chi connectivity index (χ1n) is 7.80. The van der Waals surface area contributed by atoms with Crippen LogP contribution in [0.2, 0.25) is 0 Å². The number of benzene rings is 1. The largest absolute Gasteiger partial charge is 0.341 e. The second-order valence-corrected chi connectivity index (χ2v) is 5.88. The zero-order valence-electron chi connectivity index (χ0n) is 13.2. The zero-order valence-corrected chi connectivity index (χ0v) is 13.2. The van der Waals surface area contributed by atoms with E-state index >= 15 is 0 Å². The number of H-pyrrole nitrogens is 1. The van der Waals surface area contributed by atoms with Crippen LogP contribution in [0.4, 0.5) is 5.69 Å². The van der Waals surface area contributed by atoms with Gasteiger partial charge in [0.1, 0.15) is 11.7 Å². The first-order valence-corrected chi connectivity index (χ1v) is 7.80. The topological polar surface area (TPSA) is 78.1 Å². The SMILES string of the molecule is CC[C@H](C)[C@H]1C(=O)Nc2ccccc2CN1C(=O)c1cnc[nH]1. The molecule has 1 aromatic carbocycles. The maximum Gasteiger partial charge on any atom is 0.272 e. The normalized spacial score (nSPS) is 18.8. The molecule has 0 radical (unpaired) electrons. The van der Waals surface area contributed by atoms with Crippen LogP contribution in [0.15, 0.2) is 36.8 Å². The quantitative estimate of drug-likeness (QED) is 0.913. The van der Waals surface area contributed by atoms with E-state index in [2.05, 4.69) is 15.3 Å². The smallest absolute Gasteiger partial charge is 0.272 e. The van der Waals surface area contributed by atoms with Crippen molar-refractivity contribution in [3.63, 3.8) is 0 Å². The average molecular weight is 312 g/mol. The molecule has 0 spiro atoms. The Bertz CT molecular complexity index is 711. The third-order valence-corrected chi connectivity index (χ3v) is 4.39. The van der Waals surface area contributed by atoms with Gasteiger partial charge in [-0.05, 0) is 17.5 Å². The van der Waals surface area contributed by atoms with Gasteiger partial charge in [0, 0.05) is 12.2 Å². The highest BCUT2D eigenvalue weighted by Gasteiger charge is 2.37. The number of carbonyl (C=O) groups excluding carboxylic acids is 2. The number of fused-ring (bicyclic) bond motifs is 1. The summed E-state index contributed by atoms with van der Waals surface area (Å²) in [7, 11) is 0.